The Kier molecular flexibility index (Phi) is 7.18. The number of benzene rings is 2. The van der Waals surface area contributed by atoms with E-state index in [1.165, 1.54) is 5.56 Å². The first-order chi connectivity index (χ1) is 18.2. The molecule has 0 unspecified atom stereocenters. The smallest absolute Gasteiger partial charge is 0.0960 e. The zero-order chi connectivity index (χ0) is 27.0. The predicted molar refractivity (Wildman–Crippen MR) is 154 cm³/mol. The third-order valence-corrected chi connectivity index (χ3v) is 7.79. The summed E-state index contributed by atoms with van der Waals surface area (Å²) in [4.78, 5) is 4.98. The normalized spacial score (nSPS) is 16.6. The van der Waals surface area contributed by atoms with Crippen LogP contribution >= 0.6 is 0 Å². The van der Waals surface area contributed by atoms with Crippen molar-refractivity contribution in [2.75, 3.05) is 20.3 Å². The van der Waals surface area contributed by atoms with Crippen LogP contribution in [0.2, 0.25) is 0 Å². The Morgan fingerprint density at radius 3 is 2.47 bits per heavy atom. The van der Waals surface area contributed by atoms with Crippen molar-refractivity contribution in [3.63, 3.8) is 0 Å². The molecule has 1 aliphatic rings. The van der Waals surface area contributed by atoms with Gasteiger partial charge in [0.1, 0.15) is 0 Å². The molecule has 1 atom stereocenters. The van der Waals surface area contributed by atoms with Crippen molar-refractivity contribution in [1.29, 1.82) is 0 Å². The summed E-state index contributed by atoms with van der Waals surface area (Å²) in [5.74, 6) is 6.64. The highest BCUT2D eigenvalue weighted by molar-refractivity contribution is 6.06. The molecule has 7 heteroatoms. The van der Waals surface area contributed by atoms with E-state index in [2.05, 4.69) is 53.1 Å². The molecule has 0 radical (unpaired) electrons. The number of ether oxygens (including phenoxy) is 1. The molecule has 4 aromatic rings. The molecule has 5 N–H and O–H groups in total. The number of hydrogen-bond donors (Lipinski definition) is 3. The molecule has 2 aromatic carbocycles. The average Bonchev–Trinajstić information content (AvgIpc) is 3.22. The Morgan fingerprint density at radius 2 is 1.84 bits per heavy atom. The molecule has 5 rings (SSSR count). The number of nitrogens with two attached hydrogens (primary N) is 2. The number of aliphatic hydroxyl groups is 1. The SMILES string of the molecule is CC/C(N)=C(\c1cnc2c3ccc(C(C)(C)O)cc3n([C@H](c3ccccc3)C3CCOCC3)c2c1)N(C)N. The second-order valence-electron chi connectivity index (χ2n) is 10.9. The summed E-state index contributed by atoms with van der Waals surface area (Å²) < 4.78 is 8.19. The fourth-order valence-electron chi connectivity index (χ4n) is 5.81. The Balaban J connectivity index is 1.87. The minimum atomic E-state index is -0.970. The van der Waals surface area contributed by atoms with E-state index in [0.29, 0.717) is 18.0 Å². The van der Waals surface area contributed by atoms with Crippen LogP contribution in [0.5, 0.6) is 0 Å². The molecule has 200 valence electrons. The van der Waals surface area contributed by atoms with Gasteiger partial charge in [-0.3, -0.25) is 4.98 Å². The molecule has 7 nitrogen and oxygen atoms in total. The van der Waals surface area contributed by atoms with E-state index in [1.807, 2.05) is 40.1 Å². The molecule has 3 heterocycles. The monoisotopic (exact) mass is 513 g/mol. The third-order valence-electron chi connectivity index (χ3n) is 7.79. The van der Waals surface area contributed by atoms with Crippen molar-refractivity contribution in [3.05, 3.63) is 83.2 Å². The summed E-state index contributed by atoms with van der Waals surface area (Å²) in [6.45, 7) is 7.18. The van der Waals surface area contributed by atoms with E-state index in [4.69, 9.17) is 21.3 Å². The lowest BCUT2D eigenvalue weighted by Gasteiger charge is -2.33. The zero-order valence-electron chi connectivity index (χ0n) is 22.8. The van der Waals surface area contributed by atoms with Gasteiger partial charge < -0.3 is 25.2 Å². The van der Waals surface area contributed by atoms with E-state index in [9.17, 15) is 5.11 Å². The average molecular weight is 514 g/mol. The van der Waals surface area contributed by atoms with Crippen molar-refractivity contribution in [2.45, 2.75) is 51.7 Å². The summed E-state index contributed by atoms with van der Waals surface area (Å²) in [7, 11) is 1.81. The highest BCUT2D eigenvalue weighted by Gasteiger charge is 2.31. The number of allylic oxidation sites excluding steroid dienone is 1. The minimum Gasteiger partial charge on any atom is -0.400 e. The molecule has 0 spiro atoms. The van der Waals surface area contributed by atoms with E-state index in [0.717, 1.165) is 64.8 Å². The Hall–Kier alpha value is -3.39. The standard InChI is InChI=1S/C31H39N5O2/c1-5-25(32)30(35(4)33)22-17-27-28(34-19-22)24-12-11-23(31(2,3)37)18-26(24)36(27)29(20-9-7-6-8-10-20)21-13-15-38-16-14-21/h6-12,17-19,21,29,37H,5,13-16,32-33H2,1-4H3/b30-25-/t29-/m1/s1. The number of nitrogens with zero attached hydrogens (tertiary/aromatic N) is 3. The van der Waals surface area contributed by atoms with Crippen LogP contribution in [0.25, 0.3) is 27.6 Å². The van der Waals surface area contributed by atoms with Crippen LogP contribution in [0.1, 0.15) is 62.8 Å². The van der Waals surface area contributed by atoms with Gasteiger partial charge in [-0.25, -0.2) is 5.84 Å². The van der Waals surface area contributed by atoms with Crippen molar-refractivity contribution >= 4 is 27.6 Å². The molecular formula is C31H39N5O2. The predicted octanol–water partition coefficient (Wildman–Crippen LogP) is 5.28. The van der Waals surface area contributed by atoms with Gasteiger partial charge in [-0.1, -0.05) is 49.4 Å². The van der Waals surface area contributed by atoms with Crippen molar-refractivity contribution in [1.82, 2.24) is 14.6 Å². The molecular weight excluding hydrogens is 474 g/mol. The van der Waals surface area contributed by atoms with E-state index in [-0.39, 0.29) is 6.04 Å². The Morgan fingerprint density at radius 1 is 1.13 bits per heavy atom. The maximum atomic E-state index is 10.9. The minimum absolute atomic E-state index is 0.0702. The first kappa shape index (κ1) is 26.2. The maximum Gasteiger partial charge on any atom is 0.0960 e. The van der Waals surface area contributed by atoms with Gasteiger partial charge >= 0.3 is 0 Å². The van der Waals surface area contributed by atoms with Gasteiger partial charge in [0.05, 0.1) is 33.9 Å². The third kappa shape index (κ3) is 4.77. The summed E-state index contributed by atoms with van der Waals surface area (Å²) in [5.41, 5.74) is 12.9. The van der Waals surface area contributed by atoms with Gasteiger partial charge in [0, 0.05) is 43.1 Å². The molecule has 2 aromatic heterocycles. The van der Waals surface area contributed by atoms with Crippen LogP contribution in [0.3, 0.4) is 0 Å². The van der Waals surface area contributed by atoms with Crippen LogP contribution in [-0.2, 0) is 10.3 Å². The zero-order valence-corrected chi connectivity index (χ0v) is 22.8. The topological polar surface area (TPSA) is 103 Å². The largest absolute Gasteiger partial charge is 0.400 e. The summed E-state index contributed by atoms with van der Waals surface area (Å²) in [6, 6.07) is 19.1. The lowest BCUT2D eigenvalue weighted by molar-refractivity contribution is 0.0552. The van der Waals surface area contributed by atoms with Crippen molar-refractivity contribution in [2.24, 2.45) is 17.5 Å². The molecule has 0 amide bonds. The van der Waals surface area contributed by atoms with E-state index in [1.54, 1.807) is 5.01 Å². The Labute approximate surface area is 224 Å². The van der Waals surface area contributed by atoms with Gasteiger partial charge in [-0.15, -0.1) is 0 Å². The van der Waals surface area contributed by atoms with Crippen LogP contribution in [0, 0.1) is 5.92 Å². The first-order valence-electron chi connectivity index (χ1n) is 13.5. The number of aromatic nitrogens is 2. The van der Waals surface area contributed by atoms with Crippen LogP contribution in [0.4, 0.5) is 0 Å². The molecule has 0 aliphatic carbocycles. The van der Waals surface area contributed by atoms with Crippen LogP contribution in [0.15, 0.2) is 66.5 Å². The number of hydrogen-bond acceptors (Lipinski definition) is 6. The summed E-state index contributed by atoms with van der Waals surface area (Å²) in [5, 5.41) is 13.5. The lowest BCUT2D eigenvalue weighted by Crippen LogP contribution is -2.28. The van der Waals surface area contributed by atoms with Gasteiger partial charge in [-0.05, 0) is 62.3 Å². The highest BCUT2D eigenvalue weighted by Crippen LogP contribution is 2.41. The fourth-order valence-corrected chi connectivity index (χ4v) is 5.81. The van der Waals surface area contributed by atoms with Crippen LogP contribution in [-0.4, -0.2) is 39.9 Å². The first-order valence-corrected chi connectivity index (χ1v) is 13.5. The second-order valence-corrected chi connectivity index (χ2v) is 10.9. The number of fused-ring (bicyclic) bond motifs is 3. The van der Waals surface area contributed by atoms with Gasteiger partial charge in [0.25, 0.3) is 0 Å². The molecule has 1 saturated heterocycles. The molecule has 0 bridgehead atoms. The number of pyridine rings is 1. The number of rotatable bonds is 7. The van der Waals surface area contributed by atoms with Gasteiger partial charge in [0.2, 0.25) is 0 Å². The van der Waals surface area contributed by atoms with Crippen molar-refractivity contribution in [3.8, 4) is 0 Å². The summed E-state index contributed by atoms with van der Waals surface area (Å²) >= 11 is 0. The molecule has 1 fully saturated rings. The van der Waals surface area contributed by atoms with E-state index < -0.39 is 5.60 Å². The quantitative estimate of drug-likeness (QED) is 0.230. The Bertz CT molecular complexity index is 1460. The van der Waals surface area contributed by atoms with Gasteiger partial charge in [-0.2, -0.15) is 0 Å². The van der Waals surface area contributed by atoms with Crippen molar-refractivity contribution < 1.29 is 9.84 Å². The molecule has 0 saturated carbocycles. The second kappa shape index (κ2) is 10.4. The van der Waals surface area contributed by atoms with Crippen LogP contribution < -0.4 is 11.6 Å². The summed E-state index contributed by atoms with van der Waals surface area (Å²) in [6.07, 6.45) is 4.49. The van der Waals surface area contributed by atoms with Gasteiger partial charge in [0.15, 0.2) is 0 Å². The fraction of sp³-hybridized carbons (Fsp3) is 0.387. The maximum absolute atomic E-state index is 10.9. The molecule has 38 heavy (non-hydrogen) atoms. The highest BCUT2D eigenvalue weighted by atomic mass is 16.5. The number of hydrazine groups is 1. The van der Waals surface area contributed by atoms with E-state index >= 15 is 0 Å². The lowest BCUT2D eigenvalue weighted by atomic mass is 9.86. The molecule has 1 aliphatic heterocycles.